The SMILES string of the molecule is Brc1ccc(OCCC2(CNC3CC3)CCCC2)cc1. The van der Waals surface area contributed by atoms with Gasteiger partial charge < -0.3 is 10.1 Å². The number of rotatable bonds is 7. The Balaban J connectivity index is 1.47. The summed E-state index contributed by atoms with van der Waals surface area (Å²) in [5, 5.41) is 3.73. The summed E-state index contributed by atoms with van der Waals surface area (Å²) in [6, 6.07) is 8.96. The molecule has 0 atom stereocenters. The zero-order chi connectivity index (χ0) is 13.8. The van der Waals surface area contributed by atoms with Crippen molar-refractivity contribution in [1.82, 2.24) is 5.32 Å². The first kappa shape index (κ1) is 14.4. The molecule has 0 unspecified atom stereocenters. The van der Waals surface area contributed by atoms with E-state index in [1.807, 2.05) is 24.3 Å². The van der Waals surface area contributed by atoms with Crippen LogP contribution in [-0.4, -0.2) is 19.2 Å². The second-order valence-corrected chi connectivity index (χ2v) is 7.33. The van der Waals surface area contributed by atoms with Crippen LogP contribution >= 0.6 is 15.9 Å². The number of halogens is 1. The zero-order valence-corrected chi connectivity index (χ0v) is 13.6. The van der Waals surface area contributed by atoms with Crippen molar-refractivity contribution < 1.29 is 4.74 Å². The minimum atomic E-state index is 0.498. The highest BCUT2D eigenvalue weighted by Gasteiger charge is 2.35. The van der Waals surface area contributed by atoms with Gasteiger partial charge in [-0.05, 0) is 61.8 Å². The summed E-state index contributed by atoms with van der Waals surface area (Å²) in [5.41, 5.74) is 0.498. The second kappa shape index (κ2) is 6.48. The van der Waals surface area contributed by atoms with Gasteiger partial charge >= 0.3 is 0 Å². The Morgan fingerprint density at radius 3 is 2.50 bits per heavy atom. The molecule has 2 aliphatic carbocycles. The van der Waals surface area contributed by atoms with E-state index in [0.29, 0.717) is 5.41 Å². The monoisotopic (exact) mass is 337 g/mol. The number of hydrogen-bond acceptors (Lipinski definition) is 2. The zero-order valence-electron chi connectivity index (χ0n) is 12.0. The summed E-state index contributed by atoms with van der Waals surface area (Å²) in [6.45, 7) is 2.04. The predicted octanol–water partition coefficient (Wildman–Crippen LogP) is 4.53. The van der Waals surface area contributed by atoms with E-state index in [1.165, 1.54) is 51.5 Å². The molecule has 0 radical (unpaired) electrons. The number of ether oxygens (including phenoxy) is 1. The number of benzene rings is 1. The Hall–Kier alpha value is -0.540. The average molecular weight is 338 g/mol. The van der Waals surface area contributed by atoms with E-state index in [1.54, 1.807) is 0 Å². The van der Waals surface area contributed by atoms with E-state index in [2.05, 4.69) is 21.2 Å². The van der Waals surface area contributed by atoms with Crippen LogP contribution < -0.4 is 10.1 Å². The molecule has 2 fully saturated rings. The molecule has 0 aromatic heterocycles. The van der Waals surface area contributed by atoms with E-state index in [-0.39, 0.29) is 0 Å². The average Bonchev–Trinajstić information content (AvgIpc) is 3.18. The molecule has 0 saturated heterocycles. The highest BCUT2D eigenvalue weighted by Crippen LogP contribution is 2.41. The third-order valence-corrected chi connectivity index (χ3v) is 5.25. The lowest BCUT2D eigenvalue weighted by Crippen LogP contribution is -2.34. The summed E-state index contributed by atoms with van der Waals surface area (Å²) in [4.78, 5) is 0. The third kappa shape index (κ3) is 3.98. The molecule has 3 rings (SSSR count). The molecular weight excluding hydrogens is 314 g/mol. The Morgan fingerprint density at radius 2 is 1.85 bits per heavy atom. The van der Waals surface area contributed by atoms with E-state index in [9.17, 15) is 0 Å². The molecule has 2 nitrogen and oxygen atoms in total. The minimum Gasteiger partial charge on any atom is -0.494 e. The van der Waals surface area contributed by atoms with E-state index in [0.717, 1.165) is 22.9 Å². The normalized spacial score (nSPS) is 21.1. The Morgan fingerprint density at radius 1 is 1.15 bits per heavy atom. The molecule has 1 aromatic rings. The number of hydrogen-bond donors (Lipinski definition) is 1. The minimum absolute atomic E-state index is 0.498. The van der Waals surface area contributed by atoms with Gasteiger partial charge in [-0.1, -0.05) is 28.8 Å². The standard InChI is InChI=1S/C17H24BrNO/c18-14-3-7-16(8-4-14)20-12-11-17(9-1-2-10-17)13-19-15-5-6-15/h3-4,7-8,15,19H,1-2,5-6,9-13H2. The molecule has 0 amide bonds. The lowest BCUT2D eigenvalue weighted by molar-refractivity contribution is 0.192. The summed E-state index contributed by atoms with van der Waals surface area (Å²) in [5.74, 6) is 0.983. The molecule has 0 spiro atoms. The molecule has 0 aliphatic heterocycles. The summed E-state index contributed by atoms with van der Waals surface area (Å²) < 4.78 is 7.02. The highest BCUT2D eigenvalue weighted by molar-refractivity contribution is 9.10. The van der Waals surface area contributed by atoms with Crippen LogP contribution in [0.2, 0.25) is 0 Å². The fraction of sp³-hybridized carbons (Fsp3) is 0.647. The molecule has 1 aromatic carbocycles. The van der Waals surface area contributed by atoms with Crippen molar-refractivity contribution >= 4 is 15.9 Å². The largest absolute Gasteiger partial charge is 0.494 e. The van der Waals surface area contributed by atoms with Crippen molar-refractivity contribution in [2.24, 2.45) is 5.41 Å². The van der Waals surface area contributed by atoms with Gasteiger partial charge in [0.2, 0.25) is 0 Å². The van der Waals surface area contributed by atoms with Gasteiger partial charge in [-0.3, -0.25) is 0 Å². The van der Waals surface area contributed by atoms with Gasteiger partial charge in [0, 0.05) is 17.1 Å². The lowest BCUT2D eigenvalue weighted by Gasteiger charge is -2.29. The molecular formula is C17H24BrNO. The van der Waals surface area contributed by atoms with Gasteiger partial charge in [0.25, 0.3) is 0 Å². The Labute approximate surface area is 130 Å². The van der Waals surface area contributed by atoms with Crippen LogP contribution in [0.1, 0.15) is 44.9 Å². The third-order valence-electron chi connectivity index (χ3n) is 4.72. The fourth-order valence-electron chi connectivity index (χ4n) is 3.20. The van der Waals surface area contributed by atoms with Crippen LogP contribution in [0.3, 0.4) is 0 Å². The topological polar surface area (TPSA) is 21.3 Å². The van der Waals surface area contributed by atoms with Crippen molar-refractivity contribution in [3.63, 3.8) is 0 Å². The Bertz CT molecular complexity index is 421. The molecule has 20 heavy (non-hydrogen) atoms. The first-order valence-corrected chi connectivity index (χ1v) is 8.67. The van der Waals surface area contributed by atoms with Gasteiger partial charge in [0.05, 0.1) is 6.61 Å². The molecule has 110 valence electrons. The van der Waals surface area contributed by atoms with Crippen LogP contribution in [0, 0.1) is 5.41 Å². The number of nitrogens with one attached hydrogen (secondary N) is 1. The smallest absolute Gasteiger partial charge is 0.119 e. The molecule has 3 heteroatoms. The van der Waals surface area contributed by atoms with Gasteiger partial charge in [-0.15, -0.1) is 0 Å². The first-order chi connectivity index (χ1) is 9.76. The molecule has 2 saturated carbocycles. The first-order valence-electron chi connectivity index (χ1n) is 7.88. The van der Waals surface area contributed by atoms with Gasteiger partial charge in [0.1, 0.15) is 5.75 Å². The van der Waals surface area contributed by atoms with E-state index >= 15 is 0 Å². The molecule has 0 bridgehead atoms. The van der Waals surface area contributed by atoms with Crippen molar-refractivity contribution in [3.8, 4) is 5.75 Å². The Kier molecular flexibility index (Phi) is 4.67. The lowest BCUT2D eigenvalue weighted by atomic mass is 9.83. The van der Waals surface area contributed by atoms with Crippen molar-refractivity contribution in [3.05, 3.63) is 28.7 Å². The van der Waals surface area contributed by atoms with E-state index < -0.39 is 0 Å². The predicted molar refractivity (Wildman–Crippen MR) is 86.2 cm³/mol. The molecule has 2 aliphatic rings. The maximum absolute atomic E-state index is 5.92. The summed E-state index contributed by atoms with van der Waals surface area (Å²) >= 11 is 3.45. The maximum Gasteiger partial charge on any atom is 0.119 e. The van der Waals surface area contributed by atoms with Gasteiger partial charge in [0.15, 0.2) is 0 Å². The van der Waals surface area contributed by atoms with Crippen LogP contribution in [0.4, 0.5) is 0 Å². The quantitative estimate of drug-likeness (QED) is 0.789. The van der Waals surface area contributed by atoms with Gasteiger partial charge in [-0.25, -0.2) is 0 Å². The van der Waals surface area contributed by atoms with Crippen LogP contribution in [-0.2, 0) is 0 Å². The van der Waals surface area contributed by atoms with Crippen molar-refractivity contribution in [2.45, 2.75) is 51.0 Å². The van der Waals surface area contributed by atoms with Gasteiger partial charge in [-0.2, -0.15) is 0 Å². The van der Waals surface area contributed by atoms with Crippen LogP contribution in [0.25, 0.3) is 0 Å². The van der Waals surface area contributed by atoms with E-state index in [4.69, 9.17) is 4.74 Å². The second-order valence-electron chi connectivity index (χ2n) is 6.41. The highest BCUT2D eigenvalue weighted by atomic mass is 79.9. The molecule has 1 N–H and O–H groups in total. The summed E-state index contributed by atoms with van der Waals surface area (Å²) in [7, 11) is 0. The fourth-order valence-corrected chi connectivity index (χ4v) is 3.47. The van der Waals surface area contributed by atoms with Crippen molar-refractivity contribution in [1.29, 1.82) is 0 Å². The maximum atomic E-state index is 5.92. The van der Waals surface area contributed by atoms with Crippen molar-refractivity contribution in [2.75, 3.05) is 13.2 Å². The summed E-state index contributed by atoms with van der Waals surface area (Å²) in [6.07, 6.45) is 9.47. The van der Waals surface area contributed by atoms with Crippen LogP contribution in [0.5, 0.6) is 5.75 Å². The van der Waals surface area contributed by atoms with Crippen LogP contribution in [0.15, 0.2) is 28.7 Å². The molecule has 0 heterocycles.